The lowest BCUT2D eigenvalue weighted by Gasteiger charge is -2.34. The molecule has 0 spiro atoms. The van der Waals surface area contributed by atoms with Crippen LogP contribution in [0.15, 0.2) is 53.4 Å². The Morgan fingerprint density at radius 3 is 2.44 bits per heavy atom. The van der Waals surface area contributed by atoms with Gasteiger partial charge in [0.2, 0.25) is 10.0 Å². The van der Waals surface area contributed by atoms with Gasteiger partial charge < -0.3 is 24.8 Å². The van der Waals surface area contributed by atoms with Crippen LogP contribution in [0, 0.1) is 0 Å². The number of hydrogen-bond donors (Lipinski definition) is 2. The first-order chi connectivity index (χ1) is 16.4. The van der Waals surface area contributed by atoms with Crippen molar-refractivity contribution < 1.29 is 32.2 Å². The summed E-state index contributed by atoms with van der Waals surface area (Å²) in [6, 6.07) is 13.9. The number of nitrogens with zero attached hydrogens (tertiary/aromatic N) is 1. The monoisotopic (exact) mass is 491 g/mol. The van der Waals surface area contributed by atoms with Crippen LogP contribution in [0.3, 0.4) is 0 Å². The fraction of sp³-hybridized carbons (Fsp3) is 0.391. The van der Waals surface area contributed by atoms with Crippen LogP contribution in [0.25, 0.3) is 0 Å². The summed E-state index contributed by atoms with van der Waals surface area (Å²) in [5.41, 5.74) is 1.04. The van der Waals surface area contributed by atoms with Crippen LogP contribution in [0.1, 0.15) is 12.0 Å². The van der Waals surface area contributed by atoms with Gasteiger partial charge in [-0.2, -0.15) is 4.31 Å². The van der Waals surface area contributed by atoms with E-state index in [4.69, 9.17) is 14.2 Å². The lowest BCUT2D eigenvalue weighted by Crippen LogP contribution is -2.53. The molecule has 1 heterocycles. The van der Waals surface area contributed by atoms with Crippen molar-refractivity contribution >= 4 is 21.8 Å². The van der Waals surface area contributed by atoms with Gasteiger partial charge in [0, 0.05) is 19.2 Å². The molecular weight excluding hydrogens is 462 g/mol. The highest BCUT2D eigenvalue weighted by atomic mass is 32.2. The number of hydrogen-bond acceptors (Lipinski definition) is 7. The third kappa shape index (κ3) is 6.25. The Bertz CT molecular complexity index is 1090. The number of ether oxygens (including phenoxy) is 3. The van der Waals surface area contributed by atoms with E-state index in [0.717, 1.165) is 5.56 Å². The van der Waals surface area contributed by atoms with Crippen LogP contribution in [-0.4, -0.2) is 71.2 Å². The first-order valence-corrected chi connectivity index (χ1v) is 12.3. The van der Waals surface area contributed by atoms with Gasteiger partial charge in [-0.05, 0) is 30.5 Å². The first kappa shape index (κ1) is 25.5. The third-order valence-electron chi connectivity index (χ3n) is 5.30. The second kappa shape index (κ2) is 11.8. The van der Waals surface area contributed by atoms with Crippen molar-refractivity contribution in [3.8, 4) is 11.5 Å². The van der Waals surface area contributed by atoms with E-state index in [0.29, 0.717) is 31.7 Å². The summed E-state index contributed by atoms with van der Waals surface area (Å²) in [6.45, 7) is 0.676. The molecule has 0 bridgehead atoms. The molecule has 0 aromatic heterocycles. The minimum Gasteiger partial charge on any atom is -0.493 e. The Balaban J connectivity index is 1.60. The van der Waals surface area contributed by atoms with Crippen molar-refractivity contribution in [2.45, 2.75) is 24.0 Å². The molecule has 1 unspecified atom stereocenters. The number of amides is 2. The highest BCUT2D eigenvalue weighted by Crippen LogP contribution is 2.31. The predicted molar refractivity (Wildman–Crippen MR) is 124 cm³/mol. The maximum atomic E-state index is 13.3. The fourth-order valence-corrected chi connectivity index (χ4v) is 5.10. The summed E-state index contributed by atoms with van der Waals surface area (Å²) in [5.74, 6) is -0.969. The second-order valence-corrected chi connectivity index (χ2v) is 9.40. The number of rotatable bonds is 9. The SMILES string of the molecule is COc1ccc(S(=O)(=O)N2CCCOC2CNC(=O)C(=O)NCCc2ccccc2)cc1OC. The Kier molecular flexibility index (Phi) is 8.85. The molecule has 2 aromatic rings. The maximum absolute atomic E-state index is 13.3. The van der Waals surface area contributed by atoms with Gasteiger partial charge in [0.1, 0.15) is 6.23 Å². The van der Waals surface area contributed by atoms with Gasteiger partial charge in [0.15, 0.2) is 11.5 Å². The Labute approximate surface area is 199 Å². The summed E-state index contributed by atoms with van der Waals surface area (Å²) >= 11 is 0. The van der Waals surface area contributed by atoms with Gasteiger partial charge >= 0.3 is 11.8 Å². The molecule has 0 saturated carbocycles. The Hall–Kier alpha value is -3.15. The molecule has 1 fully saturated rings. The smallest absolute Gasteiger partial charge is 0.309 e. The second-order valence-electron chi connectivity index (χ2n) is 7.51. The molecule has 2 N–H and O–H groups in total. The topological polar surface area (TPSA) is 123 Å². The van der Waals surface area contributed by atoms with Crippen molar-refractivity contribution in [1.82, 2.24) is 14.9 Å². The van der Waals surface area contributed by atoms with Gasteiger partial charge in [-0.1, -0.05) is 30.3 Å². The van der Waals surface area contributed by atoms with Gasteiger partial charge in [-0.3, -0.25) is 9.59 Å². The van der Waals surface area contributed by atoms with Crippen LogP contribution in [0.2, 0.25) is 0 Å². The molecule has 2 aromatic carbocycles. The van der Waals surface area contributed by atoms with Gasteiger partial charge in [-0.25, -0.2) is 8.42 Å². The van der Waals surface area contributed by atoms with Gasteiger partial charge in [0.25, 0.3) is 0 Å². The largest absolute Gasteiger partial charge is 0.493 e. The minimum absolute atomic E-state index is 0.00521. The van der Waals surface area contributed by atoms with E-state index >= 15 is 0 Å². The fourth-order valence-electron chi connectivity index (χ4n) is 3.52. The molecule has 1 aliphatic rings. The minimum atomic E-state index is -3.96. The van der Waals surface area contributed by atoms with E-state index in [1.165, 1.54) is 36.7 Å². The van der Waals surface area contributed by atoms with E-state index < -0.39 is 28.1 Å². The standard InChI is InChI=1S/C23H29N3O7S/c1-31-19-10-9-18(15-20(19)32-2)34(29,30)26-13-6-14-33-21(26)16-25-23(28)22(27)24-12-11-17-7-4-3-5-8-17/h3-5,7-10,15,21H,6,11-14,16H2,1-2H3,(H,24,27)(H,25,28). The zero-order valence-electron chi connectivity index (χ0n) is 19.2. The summed E-state index contributed by atoms with van der Waals surface area (Å²) < 4.78 is 43.7. The van der Waals surface area contributed by atoms with Crippen molar-refractivity contribution in [2.24, 2.45) is 0 Å². The lowest BCUT2D eigenvalue weighted by atomic mass is 10.1. The van der Waals surface area contributed by atoms with E-state index in [9.17, 15) is 18.0 Å². The number of sulfonamides is 1. The number of nitrogens with one attached hydrogen (secondary N) is 2. The van der Waals surface area contributed by atoms with E-state index in [1.807, 2.05) is 30.3 Å². The number of carbonyl (C=O) groups excluding carboxylic acids is 2. The molecule has 1 aliphatic heterocycles. The van der Waals surface area contributed by atoms with E-state index in [-0.39, 0.29) is 23.7 Å². The van der Waals surface area contributed by atoms with E-state index in [2.05, 4.69) is 10.6 Å². The lowest BCUT2D eigenvalue weighted by molar-refractivity contribution is -0.140. The zero-order valence-corrected chi connectivity index (χ0v) is 20.0. The van der Waals surface area contributed by atoms with Gasteiger partial charge in [-0.15, -0.1) is 0 Å². The molecule has 1 saturated heterocycles. The van der Waals surface area contributed by atoms with Crippen LogP contribution in [0.4, 0.5) is 0 Å². The summed E-state index contributed by atoms with van der Waals surface area (Å²) in [7, 11) is -1.08. The number of carbonyl (C=O) groups is 2. The summed E-state index contributed by atoms with van der Waals surface area (Å²) in [6.07, 6.45) is 0.132. The first-order valence-electron chi connectivity index (χ1n) is 10.8. The van der Waals surface area contributed by atoms with Crippen molar-refractivity contribution in [2.75, 3.05) is 40.5 Å². The summed E-state index contributed by atoms with van der Waals surface area (Å²) in [5, 5.41) is 5.03. The Morgan fingerprint density at radius 1 is 1.03 bits per heavy atom. The normalized spacial score (nSPS) is 16.5. The molecule has 1 atom stereocenters. The van der Waals surface area contributed by atoms with Crippen LogP contribution >= 0.6 is 0 Å². The highest BCUT2D eigenvalue weighted by Gasteiger charge is 2.35. The molecule has 2 amide bonds. The van der Waals surface area contributed by atoms with Crippen LogP contribution in [-0.2, 0) is 30.8 Å². The molecular formula is C23H29N3O7S. The van der Waals surface area contributed by atoms with Crippen LogP contribution in [0.5, 0.6) is 11.5 Å². The third-order valence-corrected chi connectivity index (χ3v) is 7.19. The Morgan fingerprint density at radius 2 is 1.74 bits per heavy atom. The molecule has 0 radical (unpaired) electrons. The van der Waals surface area contributed by atoms with E-state index in [1.54, 1.807) is 0 Å². The summed E-state index contributed by atoms with van der Waals surface area (Å²) in [4.78, 5) is 24.4. The average molecular weight is 492 g/mol. The maximum Gasteiger partial charge on any atom is 0.309 e. The predicted octanol–water partition coefficient (Wildman–Crippen LogP) is 0.916. The zero-order chi connectivity index (χ0) is 24.6. The van der Waals surface area contributed by atoms with Crippen molar-refractivity contribution in [3.63, 3.8) is 0 Å². The molecule has 10 nitrogen and oxygen atoms in total. The quantitative estimate of drug-likeness (QED) is 0.500. The van der Waals surface area contributed by atoms with Crippen LogP contribution < -0.4 is 20.1 Å². The van der Waals surface area contributed by atoms with Crippen molar-refractivity contribution in [1.29, 1.82) is 0 Å². The van der Waals surface area contributed by atoms with Gasteiger partial charge in [0.05, 0.1) is 32.3 Å². The molecule has 0 aliphatic carbocycles. The van der Waals surface area contributed by atoms with Crippen molar-refractivity contribution in [3.05, 3.63) is 54.1 Å². The number of methoxy groups -OCH3 is 2. The molecule has 184 valence electrons. The molecule has 3 rings (SSSR count). The number of benzene rings is 2. The average Bonchev–Trinajstić information content (AvgIpc) is 2.87. The molecule has 34 heavy (non-hydrogen) atoms. The molecule has 11 heteroatoms. The highest BCUT2D eigenvalue weighted by molar-refractivity contribution is 7.89.